The number of amides is 1. The Kier molecular flexibility index (Phi) is 5.25. The Labute approximate surface area is 148 Å². The van der Waals surface area contributed by atoms with Gasteiger partial charge in [-0.05, 0) is 59.1 Å². The molecular weight excluding hydrogens is 324 g/mol. The number of nitro benzene ring substituents is 1. The van der Waals surface area contributed by atoms with Crippen molar-refractivity contribution in [2.75, 3.05) is 13.1 Å². The van der Waals surface area contributed by atoms with E-state index in [2.05, 4.69) is 0 Å². The molecule has 138 valence electrons. The average Bonchev–Trinajstić information content (AvgIpc) is 2.47. The number of ether oxygens (including phenoxy) is 2. The number of nitro groups is 1. The highest BCUT2D eigenvalue weighted by Crippen LogP contribution is 2.34. The van der Waals surface area contributed by atoms with Gasteiger partial charge in [-0.15, -0.1) is 0 Å². The van der Waals surface area contributed by atoms with E-state index in [0.717, 1.165) is 12.0 Å². The van der Waals surface area contributed by atoms with E-state index in [-0.39, 0.29) is 17.5 Å². The molecule has 0 radical (unpaired) electrons. The molecule has 1 aromatic carbocycles. The number of carbonyl (C=O) groups is 1. The summed E-state index contributed by atoms with van der Waals surface area (Å²) in [5.41, 5.74) is -0.532. The molecule has 1 unspecified atom stereocenters. The van der Waals surface area contributed by atoms with Crippen molar-refractivity contribution < 1.29 is 19.2 Å². The van der Waals surface area contributed by atoms with E-state index in [4.69, 9.17) is 9.47 Å². The lowest BCUT2D eigenvalue weighted by molar-refractivity contribution is -0.386. The third-order valence-electron chi connectivity index (χ3n) is 3.98. The SMILES string of the molecule is Cc1ccc(OC2(C)CCCN(C(=O)OC(C)(C)C)C2)c([N+](=O)[O-])c1. The van der Waals surface area contributed by atoms with Gasteiger partial charge in [-0.25, -0.2) is 4.79 Å². The number of piperidine rings is 1. The molecule has 1 saturated heterocycles. The van der Waals surface area contributed by atoms with Crippen molar-refractivity contribution in [1.82, 2.24) is 4.90 Å². The van der Waals surface area contributed by atoms with E-state index in [0.29, 0.717) is 19.5 Å². The molecule has 0 spiro atoms. The zero-order chi connectivity index (χ0) is 18.8. The molecule has 0 saturated carbocycles. The smallest absolute Gasteiger partial charge is 0.410 e. The zero-order valence-electron chi connectivity index (χ0n) is 15.5. The van der Waals surface area contributed by atoms with Crippen LogP contribution in [0.5, 0.6) is 5.75 Å². The summed E-state index contributed by atoms with van der Waals surface area (Å²) in [6, 6.07) is 4.89. The number of hydrogen-bond acceptors (Lipinski definition) is 5. The fraction of sp³-hybridized carbons (Fsp3) is 0.611. The van der Waals surface area contributed by atoms with Crippen molar-refractivity contribution in [1.29, 1.82) is 0 Å². The quantitative estimate of drug-likeness (QED) is 0.606. The minimum Gasteiger partial charge on any atom is -0.479 e. The summed E-state index contributed by atoms with van der Waals surface area (Å²) in [5.74, 6) is 0.226. The first kappa shape index (κ1) is 19.0. The summed E-state index contributed by atoms with van der Waals surface area (Å²) >= 11 is 0. The van der Waals surface area contributed by atoms with Gasteiger partial charge in [0.25, 0.3) is 0 Å². The molecule has 1 heterocycles. The van der Waals surface area contributed by atoms with E-state index in [1.807, 2.05) is 27.7 Å². The molecule has 1 fully saturated rings. The number of likely N-dealkylation sites (tertiary alicyclic amines) is 1. The molecule has 25 heavy (non-hydrogen) atoms. The van der Waals surface area contributed by atoms with Crippen LogP contribution in [0.15, 0.2) is 18.2 Å². The van der Waals surface area contributed by atoms with Crippen LogP contribution in [0, 0.1) is 17.0 Å². The van der Waals surface area contributed by atoms with Crippen LogP contribution < -0.4 is 4.74 Å². The lowest BCUT2D eigenvalue weighted by Crippen LogP contribution is -2.52. The van der Waals surface area contributed by atoms with Gasteiger partial charge in [0, 0.05) is 12.6 Å². The molecule has 1 aliphatic heterocycles. The number of nitrogens with zero attached hydrogens (tertiary/aromatic N) is 2. The van der Waals surface area contributed by atoms with E-state index in [1.165, 1.54) is 6.07 Å². The predicted molar refractivity (Wildman–Crippen MR) is 93.9 cm³/mol. The van der Waals surface area contributed by atoms with Crippen molar-refractivity contribution in [3.05, 3.63) is 33.9 Å². The highest BCUT2D eigenvalue weighted by Gasteiger charge is 2.38. The van der Waals surface area contributed by atoms with Gasteiger partial charge in [0.2, 0.25) is 0 Å². The van der Waals surface area contributed by atoms with Gasteiger partial charge in [-0.3, -0.25) is 10.1 Å². The molecule has 7 nitrogen and oxygen atoms in total. The maximum atomic E-state index is 12.3. The van der Waals surface area contributed by atoms with Crippen molar-refractivity contribution in [2.45, 2.75) is 58.7 Å². The third kappa shape index (κ3) is 5.08. The summed E-state index contributed by atoms with van der Waals surface area (Å²) in [5, 5.41) is 11.3. The second-order valence-electron chi connectivity index (χ2n) is 7.79. The minimum atomic E-state index is -0.699. The Morgan fingerprint density at radius 3 is 2.64 bits per heavy atom. The molecule has 0 bridgehead atoms. The Bertz CT molecular complexity index is 668. The Morgan fingerprint density at radius 2 is 2.04 bits per heavy atom. The summed E-state index contributed by atoms with van der Waals surface area (Å²) in [6.45, 7) is 10.0. The summed E-state index contributed by atoms with van der Waals surface area (Å²) in [7, 11) is 0. The Morgan fingerprint density at radius 1 is 1.36 bits per heavy atom. The third-order valence-corrected chi connectivity index (χ3v) is 3.98. The topological polar surface area (TPSA) is 81.9 Å². The summed E-state index contributed by atoms with van der Waals surface area (Å²) < 4.78 is 11.4. The van der Waals surface area contributed by atoms with Crippen LogP contribution in [0.3, 0.4) is 0 Å². The van der Waals surface area contributed by atoms with Crippen molar-refractivity contribution in [3.63, 3.8) is 0 Å². The fourth-order valence-electron chi connectivity index (χ4n) is 2.89. The molecule has 0 aromatic heterocycles. The van der Waals surface area contributed by atoms with Crippen LogP contribution >= 0.6 is 0 Å². The van der Waals surface area contributed by atoms with Gasteiger partial charge in [-0.2, -0.15) is 0 Å². The molecule has 7 heteroatoms. The number of aryl methyl sites for hydroxylation is 1. The Balaban J connectivity index is 2.16. The van der Waals surface area contributed by atoms with Crippen LogP contribution in [0.1, 0.15) is 46.1 Å². The van der Waals surface area contributed by atoms with Gasteiger partial charge >= 0.3 is 11.8 Å². The number of hydrogen-bond donors (Lipinski definition) is 0. The van der Waals surface area contributed by atoms with E-state index in [1.54, 1.807) is 24.0 Å². The number of rotatable bonds is 3. The maximum Gasteiger partial charge on any atom is 0.410 e. The van der Waals surface area contributed by atoms with Crippen LogP contribution in [-0.2, 0) is 4.74 Å². The average molecular weight is 350 g/mol. The van der Waals surface area contributed by atoms with E-state index >= 15 is 0 Å². The second-order valence-corrected chi connectivity index (χ2v) is 7.79. The van der Waals surface area contributed by atoms with Crippen molar-refractivity contribution >= 4 is 11.8 Å². The van der Waals surface area contributed by atoms with Gasteiger partial charge in [-0.1, -0.05) is 6.07 Å². The van der Waals surface area contributed by atoms with Gasteiger partial charge in [0.05, 0.1) is 11.5 Å². The molecule has 1 aliphatic rings. The van der Waals surface area contributed by atoms with Crippen LogP contribution in [0.2, 0.25) is 0 Å². The summed E-state index contributed by atoms with van der Waals surface area (Å²) in [6.07, 6.45) is 1.06. The summed E-state index contributed by atoms with van der Waals surface area (Å²) in [4.78, 5) is 24.8. The van der Waals surface area contributed by atoms with Gasteiger partial charge in [0.15, 0.2) is 5.75 Å². The first-order valence-electron chi connectivity index (χ1n) is 8.41. The zero-order valence-corrected chi connectivity index (χ0v) is 15.5. The first-order valence-corrected chi connectivity index (χ1v) is 8.41. The largest absolute Gasteiger partial charge is 0.479 e. The lowest BCUT2D eigenvalue weighted by atomic mass is 9.94. The van der Waals surface area contributed by atoms with Crippen LogP contribution in [-0.4, -0.2) is 40.2 Å². The maximum absolute atomic E-state index is 12.3. The molecule has 1 atom stereocenters. The molecule has 0 aliphatic carbocycles. The van der Waals surface area contributed by atoms with Crippen LogP contribution in [0.4, 0.5) is 10.5 Å². The number of benzene rings is 1. The lowest BCUT2D eigenvalue weighted by Gasteiger charge is -2.40. The molecule has 0 N–H and O–H groups in total. The Hall–Kier alpha value is -2.31. The normalized spacial score (nSPS) is 20.9. The molecule has 1 amide bonds. The monoisotopic (exact) mass is 350 g/mol. The van der Waals surface area contributed by atoms with Crippen LogP contribution in [0.25, 0.3) is 0 Å². The predicted octanol–water partition coefficient (Wildman–Crippen LogP) is 4.07. The first-order chi connectivity index (χ1) is 11.5. The van der Waals surface area contributed by atoms with Gasteiger partial charge < -0.3 is 14.4 Å². The second kappa shape index (κ2) is 6.90. The van der Waals surface area contributed by atoms with Crippen molar-refractivity contribution in [2.24, 2.45) is 0 Å². The van der Waals surface area contributed by atoms with Crippen molar-refractivity contribution in [3.8, 4) is 5.75 Å². The van der Waals surface area contributed by atoms with E-state index < -0.39 is 16.1 Å². The molecule has 2 rings (SSSR count). The molecular formula is C18H26N2O5. The van der Waals surface area contributed by atoms with E-state index in [9.17, 15) is 14.9 Å². The number of carbonyl (C=O) groups excluding carboxylic acids is 1. The minimum absolute atomic E-state index is 0.0596. The molecule has 1 aromatic rings. The standard InChI is InChI=1S/C18H26N2O5/c1-13-7-8-15(14(11-13)20(22)23)24-18(5)9-6-10-19(12-18)16(21)25-17(2,3)4/h7-8,11H,6,9-10,12H2,1-5H3. The highest BCUT2D eigenvalue weighted by atomic mass is 16.6. The highest BCUT2D eigenvalue weighted by molar-refractivity contribution is 5.68. The van der Waals surface area contributed by atoms with Gasteiger partial charge in [0.1, 0.15) is 11.2 Å². The fourth-order valence-corrected chi connectivity index (χ4v) is 2.89.